The van der Waals surface area contributed by atoms with Crippen molar-refractivity contribution >= 4 is 38.7 Å². The second-order valence-corrected chi connectivity index (χ2v) is 10.7. The Hall–Kier alpha value is -2.73. The molecule has 6 heteroatoms. The fraction of sp³-hybridized carbons (Fsp3) is 0.370. The summed E-state index contributed by atoms with van der Waals surface area (Å²) in [4.78, 5) is 30.7. The molecule has 1 heterocycles. The summed E-state index contributed by atoms with van der Waals surface area (Å²) in [5.41, 5.74) is 4.19. The maximum absolute atomic E-state index is 13.9. The first-order valence-corrected chi connectivity index (χ1v) is 12.2. The van der Waals surface area contributed by atoms with Gasteiger partial charge >= 0.3 is 5.97 Å². The lowest BCUT2D eigenvalue weighted by atomic mass is 9.57. The first-order chi connectivity index (χ1) is 15.7. The summed E-state index contributed by atoms with van der Waals surface area (Å²) in [5, 5.41) is 13.9. The molecule has 3 aromatic rings. The summed E-state index contributed by atoms with van der Waals surface area (Å²) in [6, 6.07) is 14.0. The zero-order valence-electron chi connectivity index (χ0n) is 18.9. The first-order valence-electron chi connectivity index (χ1n) is 11.5. The number of hydrogen-bond donors (Lipinski definition) is 2. The zero-order valence-corrected chi connectivity index (χ0v) is 20.5. The molecule has 2 aromatic carbocycles. The number of nitrogens with one attached hydrogen (secondary N) is 1. The molecule has 3 fully saturated rings. The Morgan fingerprint density at radius 2 is 1.64 bits per heavy atom. The third kappa shape index (κ3) is 3.65. The van der Waals surface area contributed by atoms with Crippen molar-refractivity contribution in [1.29, 1.82) is 0 Å². The summed E-state index contributed by atoms with van der Waals surface area (Å²) in [6.45, 7) is 3.98. The average Bonchev–Trinajstić information content (AvgIpc) is 2.80. The number of nitrogens with zero attached hydrogens (tertiary/aromatic N) is 1. The van der Waals surface area contributed by atoms with E-state index in [0.29, 0.717) is 44.1 Å². The van der Waals surface area contributed by atoms with Crippen LogP contribution in [0.25, 0.3) is 22.2 Å². The van der Waals surface area contributed by atoms with Crippen molar-refractivity contribution in [3.05, 3.63) is 63.6 Å². The molecule has 2 N–H and O–H groups in total. The van der Waals surface area contributed by atoms with E-state index < -0.39 is 11.4 Å². The molecule has 3 aliphatic carbocycles. The van der Waals surface area contributed by atoms with E-state index in [1.165, 1.54) is 0 Å². The molecule has 3 aliphatic rings. The fourth-order valence-electron chi connectivity index (χ4n) is 5.76. The van der Waals surface area contributed by atoms with Gasteiger partial charge in [-0.25, -0.2) is 4.98 Å². The smallest absolute Gasteiger partial charge is 0.309 e. The molecule has 3 saturated carbocycles. The lowest BCUT2D eigenvalue weighted by Gasteiger charge is -2.51. The number of hydrogen-bond acceptors (Lipinski definition) is 3. The van der Waals surface area contributed by atoms with Gasteiger partial charge in [-0.05, 0) is 75.6 Å². The van der Waals surface area contributed by atoms with Crippen molar-refractivity contribution in [2.24, 2.45) is 5.41 Å². The highest BCUT2D eigenvalue weighted by atomic mass is 79.9. The number of amides is 1. The van der Waals surface area contributed by atoms with Gasteiger partial charge in [-0.3, -0.25) is 9.59 Å². The van der Waals surface area contributed by atoms with E-state index in [2.05, 4.69) is 21.2 Å². The van der Waals surface area contributed by atoms with Crippen LogP contribution in [0.1, 0.15) is 60.0 Å². The molecule has 5 nitrogen and oxygen atoms in total. The van der Waals surface area contributed by atoms with E-state index in [1.807, 2.05) is 56.3 Å². The van der Waals surface area contributed by atoms with Gasteiger partial charge in [0.05, 0.1) is 22.2 Å². The highest BCUT2D eigenvalue weighted by molar-refractivity contribution is 9.10. The van der Waals surface area contributed by atoms with E-state index in [9.17, 15) is 14.7 Å². The Morgan fingerprint density at radius 3 is 2.24 bits per heavy atom. The average molecular weight is 507 g/mol. The van der Waals surface area contributed by atoms with Crippen LogP contribution in [0.4, 0.5) is 0 Å². The molecule has 6 rings (SSSR count). The molecule has 1 amide bonds. The quantitative estimate of drug-likeness (QED) is 0.442. The summed E-state index contributed by atoms with van der Waals surface area (Å²) in [5.74, 6) is -0.787. The highest BCUT2D eigenvalue weighted by Gasteiger charge is 2.53. The van der Waals surface area contributed by atoms with Crippen LogP contribution < -0.4 is 5.32 Å². The number of benzene rings is 2. The number of aryl methyl sites for hydroxylation is 1. The van der Waals surface area contributed by atoms with Gasteiger partial charge in [-0.2, -0.15) is 0 Å². The maximum atomic E-state index is 13.9. The normalized spacial score (nSPS) is 24.1. The SMILES string of the molecule is Cc1c(-c2ccccc2)nc2c(C)cc(Br)cc2c1C(=O)NC12CCC(C(=O)O)(CC1)CC2. The molecule has 33 heavy (non-hydrogen) atoms. The Labute approximate surface area is 201 Å². The molecular formula is C27H27BrN2O3. The molecule has 170 valence electrons. The predicted octanol–water partition coefficient (Wildman–Crippen LogP) is 6.19. The largest absolute Gasteiger partial charge is 0.481 e. The van der Waals surface area contributed by atoms with Crippen LogP contribution >= 0.6 is 15.9 Å². The lowest BCUT2D eigenvalue weighted by Crippen LogP contribution is -2.58. The number of halogens is 1. The van der Waals surface area contributed by atoms with E-state index in [1.54, 1.807) is 0 Å². The zero-order chi connectivity index (χ0) is 23.4. The third-order valence-corrected chi connectivity index (χ3v) is 8.30. The number of pyridine rings is 1. The Morgan fingerprint density at radius 1 is 1.00 bits per heavy atom. The number of carbonyl (C=O) groups is 2. The minimum atomic E-state index is -0.689. The minimum Gasteiger partial charge on any atom is -0.481 e. The van der Waals surface area contributed by atoms with Crippen LogP contribution in [0.15, 0.2) is 46.9 Å². The van der Waals surface area contributed by atoms with Gasteiger partial charge in [0.2, 0.25) is 0 Å². The summed E-state index contributed by atoms with van der Waals surface area (Å²) >= 11 is 3.59. The summed E-state index contributed by atoms with van der Waals surface area (Å²) < 4.78 is 0.912. The molecule has 0 atom stereocenters. The lowest BCUT2D eigenvalue weighted by molar-refractivity contribution is -0.156. The monoisotopic (exact) mass is 506 g/mol. The predicted molar refractivity (Wildman–Crippen MR) is 132 cm³/mol. The van der Waals surface area contributed by atoms with Gasteiger partial charge in [0.15, 0.2) is 0 Å². The second kappa shape index (κ2) is 7.94. The maximum Gasteiger partial charge on any atom is 0.309 e. The van der Waals surface area contributed by atoms with Crippen molar-refractivity contribution in [3.8, 4) is 11.3 Å². The van der Waals surface area contributed by atoms with Crippen LogP contribution in [0.5, 0.6) is 0 Å². The van der Waals surface area contributed by atoms with Gasteiger partial charge in [0.1, 0.15) is 0 Å². The van der Waals surface area contributed by atoms with Crippen LogP contribution in [-0.2, 0) is 4.79 Å². The minimum absolute atomic E-state index is 0.0979. The fourth-order valence-corrected chi connectivity index (χ4v) is 6.33. The number of carboxylic acids is 1. The van der Waals surface area contributed by atoms with Crippen molar-refractivity contribution in [3.63, 3.8) is 0 Å². The van der Waals surface area contributed by atoms with Gasteiger partial charge in [-0.15, -0.1) is 0 Å². The molecule has 0 radical (unpaired) electrons. The van der Waals surface area contributed by atoms with E-state index in [0.717, 1.165) is 37.8 Å². The number of carboxylic acid groups (broad SMARTS) is 1. The third-order valence-electron chi connectivity index (χ3n) is 7.84. The second-order valence-electron chi connectivity index (χ2n) is 9.77. The molecular weight excluding hydrogens is 480 g/mol. The van der Waals surface area contributed by atoms with Crippen LogP contribution in [0, 0.1) is 19.3 Å². The van der Waals surface area contributed by atoms with Crippen molar-refractivity contribution < 1.29 is 14.7 Å². The van der Waals surface area contributed by atoms with Gasteiger partial charge in [0, 0.05) is 21.0 Å². The summed E-state index contributed by atoms with van der Waals surface area (Å²) in [6.07, 6.45) is 4.00. The van der Waals surface area contributed by atoms with Crippen molar-refractivity contribution in [2.45, 2.75) is 57.9 Å². The van der Waals surface area contributed by atoms with E-state index >= 15 is 0 Å². The Kier molecular flexibility index (Phi) is 5.31. The molecule has 1 aromatic heterocycles. The number of rotatable bonds is 4. The molecule has 0 unspecified atom stereocenters. The van der Waals surface area contributed by atoms with Crippen LogP contribution in [0.3, 0.4) is 0 Å². The molecule has 2 bridgehead atoms. The number of carbonyl (C=O) groups excluding carboxylic acids is 1. The molecule has 0 spiro atoms. The number of aromatic nitrogens is 1. The Balaban J connectivity index is 1.59. The number of fused-ring (bicyclic) bond motifs is 4. The van der Waals surface area contributed by atoms with Crippen molar-refractivity contribution in [2.75, 3.05) is 0 Å². The Bertz CT molecular complexity index is 1260. The first kappa shape index (κ1) is 22.1. The molecule has 0 saturated heterocycles. The van der Waals surface area contributed by atoms with Gasteiger partial charge < -0.3 is 10.4 Å². The van der Waals surface area contributed by atoms with Gasteiger partial charge in [-0.1, -0.05) is 46.3 Å². The molecule has 0 aliphatic heterocycles. The van der Waals surface area contributed by atoms with Crippen molar-refractivity contribution in [1.82, 2.24) is 10.3 Å². The number of aliphatic carboxylic acids is 1. The standard InChI is InChI=1S/C27H27BrN2O3/c1-16-14-19(28)15-20-21(17(2)23(29-22(16)20)18-6-4-3-5-7-18)24(31)30-27-11-8-26(9-12-27,10-13-27)25(32)33/h3-7,14-15H,8-13H2,1-2H3,(H,30,31)(H,32,33). The van der Waals surface area contributed by atoms with E-state index in [4.69, 9.17) is 4.98 Å². The van der Waals surface area contributed by atoms with Crippen LogP contribution in [-0.4, -0.2) is 27.5 Å². The summed E-state index contributed by atoms with van der Waals surface area (Å²) in [7, 11) is 0. The van der Waals surface area contributed by atoms with Crippen LogP contribution in [0.2, 0.25) is 0 Å². The van der Waals surface area contributed by atoms with E-state index in [-0.39, 0.29) is 11.4 Å². The highest BCUT2D eigenvalue weighted by Crippen LogP contribution is 2.52. The van der Waals surface area contributed by atoms with Gasteiger partial charge in [0.25, 0.3) is 5.91 Å². The topological polar surface area (TPSA) is 79.3 Å².